The summed E-state index contributed by atoms with van der Waals surface area (Å²) in [5, 5.41) is 16.5. The lowest BCUT2D eigenvalue weighted by Gasteiger charge is -2.23. The van der Waals surface area contributed by atoms with E-state index in [-0.39, 0.29) is 12.1 Å². The molecule has 0 fully saturated rings. The molecule has 0 aliphatic heterocycles. The summed E-state index contributed by atoms with van der Waals surface area (Å²) in [6.07, 6.45) is 3.59. The summed E-state index contributed by atoms with van der Waals surface area (Å²) in [6, 6.07) is 1.95. The molecule has 5 nitrogen and oxygen atoms in total. The summed E-state index contributed by atoms with van der Waals surface area (Å²) < 4.78 is 0. The molecule has 110 valence electrons. The first-order valence-electron chi connectivity index (χ1n) is 6.91. The van der Waals surface area contributed by atoms with Crippen LogP contribution in [0, 0.1) is 5.92 Å². The maximum Gasteiger partial charge on any atom is 0.315 e. The highest BCUT2D eigenvalue weighted by atomic mass is 32.1. The Morgan fingerprint density at radius 1 is 1.55 bits per heavy atom. The fraction of sp³-hybridized carbons (Fsp3) is 0.571. The minimum Gasteiger partial charge on any atom is -0.481 e. The van der Waals surface area contributed by atoms with Crippen LogP contribution in [-0.4, -0.2) is 23.7 Å². The van der Waals surface area contributed by atoms with Gasteiger partial charge < -0.3 is 15.7 Å². The fourth-order valence-electron chi connectivity index (χ4n) is 2.37. The molecule has 2 rings (SSSR count). The second-order valence-electron chi connectivity index (χ2n) is 5.17. The molecule has 2 atom stereocenters. The first kappa shape index (κ1) is 14.8. The molecule has 20 heavy (non-hydrogen) atoms. The van der Waals surface area contributed by atoms with Crippen molar-refractivity contribution in [1.82, 2.24) is 10.6 Å². The van der Waals surface area contributed by atoms with Gasteiger partial charge in [-0.05, 0) is 42.7 Å². The molecule has 6 heteroatoms. The average molecular weight is 296 g/mol. The monoisotopic (exact) mass is 296 g/mol. The number of carbonyl (C=O) groups excluding carboxylic acids is 1. The van der Waals surface area contributed by atoms with Gasteiger partial charge in [0.1, 0.15) is 0 Å². The Kier molecular flexibility index (Phi) is 5.00. The summed E-state index contributed by atoms with van der Waals surface area (Å²) in [6.45, 7) is 2.02. The lowest BCUT2D eigenvalue weighted by atomic mass is 9.94. The van der Waals surface area contributed by atoms with Crippen LogP contribution in [-0.2, 0) is 11.2 Å². The standard InChI is InChI=1S/C14H20N2O3S/c1-9(13(17)18)5-7-15-14(19)16-11-3-2-4-12-10(11)6-8-20-12/h6,8-9,11H,2-5,7H2,1H3,(H,17,18)(H2,15,16,19). The highest BCUT2D eigenvalue weighted by Crippen LogP contribution is 2.33. The fourth-order valence-corrected chi connectivity index (χ4v) is 3.36. The van der Waals surface area contributed by atoms with Crippen molar-refractivity contribution in [1.29, 1.82) is 0 Å². The number of carboxylic acids is 1. The average Bonchev–Trinajstić information content (AvgIpc) is 2.87. The molecule has 2 unspecified atom stereocenters. The van der Waals surface area contributed by atoms with Crippen LogP contribution in [0.15, 0.2) is 11.4 Å². The van der Waals surface area contributed by atoms with E-state index in [1.807, 2.05) is 0 Å². The van der Waals surface area contributed by atoms with Crippen molar-refractivity contribution >= 4 is 23.3 Å². The Labute approximate surface area is 122 Å². The van der Waals surface area contributed by atoms with Gasteiger partial charge in [0, 0.05) is 11.4 Å². The van der Waals surface area contributed by atoms with Gasteiger partial charge in [0.15, 0.2) is 0 Å². The normalized spacial score (nSPS) is 18.9. The molecular formula is C14H20N2O3S. The first-order chi connectivity index (χ1) is 9.58. The minimum atomic E-state index is -0.831. The Bertz CT molecular complexity index is 487. The third-order valence-corrected chi connectivity index (χ3v) is 4.64. The van der Waals surface area contributed by atoms with Gasteiger partial charge in [0.2, 0.25) is 0 Å². The first-order valence-corrected chi connectivity index (χ1v) is 7.79. The maximum atomic E-state index is 11.8. The van der Waals surface area contributed by atoms with E-state index in [0.717, 1.165) is 19.3 Å². The molecule has 3 N–H and O–H groups in total. The van der Waals surface area contributed by atoms with Crippen molar-refractivity contribution in [3.05, 3.63) is 21.9 Å². The highest BCUT2D eigenvalue weighted by molar-refractivity contribution is 7.10. The van der Waals surface area contributed by atoms with Crippen molar-refractivity contribution in [3.8, 4) is 0 Å². The van der Waals surface area contributed by atoms with Crippen molar-refractivity contribution in [2.24, 2.45) is 5.92 Å². The van der Waals surface area contributed by atoms with Crippen molar-refractivity contribution in [2.45, 2.75) is 38.6 Å². The number of hydrogen-bond donors (Lipinski definition) is 3. The predicted octanol–water partition coefficient (Wildman–Crippen LogP) is 2.54. The molecule has 2 amide bonds. The Balaban J connectivity index is 1.77. The molecule has 0 saturated carbocycles. The van der Waals surface area contributed by atoms with E-state index in [1.54, 1.807) is 18.3 Å². The molecule has 1 aliphatic carbocycles. The SMILES string of the molecule is CC(CCNC(=O)NC1CCCc2sccc21)C(=O)O. The van der Waals surface area contributed by atoms with Gasteiger partial charge in [-0.25, -0.2) is 4.79 Å². The zero-order chi connectivity index (χ0) is 14.5. The van der Waals surface area contributed by atoms with E-state index in [2.05, 4.69) is 22.1 Å². The second kappa shape index (κ2) is 6.74. The van der Waals surface area contributed by atoms with E-state index < -0.39 is 11.9 Å². The smallest absolute Gasteiger partial charge is 0.315 e. The number of urea groups is 1. The van der Waals surface area contributed by atoms with E-state index >= 15 is 0 Å². The minimum absolute atomic E-state index is 0.0851. The molecular weight excluding hydrogens is 276 g/mol. The van der Waals surface area contributed by atoms with Gasteiger partial charge in [-0.2, -0.15) is 0 Å². The van der Waals surface area contributed by atoms with Crippen LogP contribution in [0.5, 0.6) is 0 Å². The third kappa shape index (κ3) is 3.72. The number of rotatable bonds is 5. The van der Waals surface area contributed by atoms with Gasteiger partial charge in [0.25, 0.3) is 0 Å². The Morgan fingerprint density at radius 2 is 2.35 bits per heavy atom. The van der Waals surface area contributed by atoms with E-state index in [9.17, 15) is 9.59 Å². The van der Waals surface area contributed by atoms with Crippen LogP contribution < -0.4 is 10.6 Å². The molecule has 1 aromatic heterocycles. The van der Waals surface area contributed by atoms with Gasteiger partial charge in [-0.3, -0.25) is 4.79 Å². The maximum absolute atomic E-state index is 11.8. The van der Waals surface area contributed by atoms with Crippen LogP contribution >= 0.6 is 11.3 Å². The third-order valence-electron chi connectivity index (χ3n) is 3.64. The topological polar surface area (TPSA) is 78.4 Å². The summed E-state index contributed by atoms with van der Waals surface area (Å²) in [5.41, 5.74) is 1.23. The lowest BCUT2D eigenvalue weighted by molar-refractivity contribution is -0.141. The van der Waals surface area contributed by atoms with Gasteiger partial charge in [-0.1, -0.05) is 6.92 Å². The zero-order valence-electron chi connectivity index (χ0n) is 11.5. The number of amides is 2. The number of carboxylic acid groups (broad SMARTS) is 1. The number of carbonyl (C=O) groups is 2. The number of fused-ring (bicyclic) bond motifs is 1. The van der Waals surface area contributed by atoms with Crippen LogP contribution in [0.2, 0.25) is 0 Å². The summed E-state index contributed by atoms with van der Waals surface area (Å²) in [7, 11) is 0. The lowest BCUT2D eigenvalue weighted by Crippen LogP contribution is -2.39. The molecule has 1 aromatic rings. The highest BCUT2D eigenvalue weighted by Gasteiger charge is 2.22. The number of aryl methyl sites for hydroxylation is 1. The van der Waals surface area contributed by atoms with E-state index in [1.165, 1.54) is 10.4 Å². The van der Waals surface area contributed by atoms with E-state index in [4.69, 9.17) is 5.11 Å². The van der Waals surface area contributed by atoms with Gasteiger partial charge >= 0.3 is 12.0 Å². The number of nitrogens with one attached hydrogen (secondary N) is 2. The quantitative estimate of drug-likeness (QED) is 0.781. The molecule has 0 saturated heterocycles. The molecule has 0 bridgehead atoms. The summed E-state index contributed by atoms with van der Waals surface area (Å²) in [4.78, 5) is 23.9. The number of hydrogen-bond acceptors (Lipinski definition) is 3. The molecule has 1 heterocycles. The number of aliphatic carboxylic acids is 1. The molecule has 0 spiro atoms. The second-order valence-corrected chi connectivity index (χ2v) is 6.17. The van der Waals surface area contributed by atoms with Crippen LogP contribution in [0.3, 0.4) is 0 Å². The Hall–Kier alpha value is -1.56. The Morgan fingerprint density at radius 3 is 3.10 bits per heavy atom. The molecule has 1 aliphatic rings. The van der Waals surface area contributed by atoms with Crippen molar-refractivity contribution < 1.29 is 14.7 Å². The largest absolute Gasteiger partial charge is 0.481 e. The zero-order valence-corrected chi connectivity index (χ0v) is 12.3. The molecule has 0 radical (unpaired) electrons. The van der Waals surface area contributed by atoms with Crippen molar-refractivity contribution in [2.75, 3.05) is 6.54 Å². The summed E-state index contributed by atoms with van der Waals surface area (Å²) >= 11 is 1.74. The predicted molar refractivity (Wildman–Crippen MR) is 77.9 cm³/mol. The van der Waals surface area contributed by atoms with Crippen molar-refractivity contribution in [3.63, 3.8) is 0 Å². The van der Waals surface area contributed by atoms with Crippen LogP contribution in [0.25, 0.3) is 0 Å². The van der Waals surface area contributed by atoms with Crippen LogP contribution in [0.1, 0.15) is 42.7 Å². The number of thiophene rings is 1. The molecule has 0 aromatic carbocycles. The van der Waals surface area contributed by atoms with Crippen LogP contribution in [0.4, 0.5) is 4.79 Å². The van der Waals surface area contributed by atoms with Gasteiger partial charge in [0.05, 0.1) is 12.0 Å². The summed E-state index contributed by atoms with van der Waals surface area (Å²) in [5.74, 6) is -1.27. The van der Waals surface area contributed by atoms with Gasteiger partial charge in [-0.15, -0.1) is 11.3 Å². The van der Waals surface area contributed by atoms with E-state index in [0.29, 0.717) is 13.0 Å².